The zero-order valence-corrected chi connectivity index (χ0v) is 23.0. The van der Waals surface area contributed by atoms with E-state index < -0.39 is 27.3 Å². The molecule has 2 fully saturated rings. The van der Waals surface area contributed by atoms with Gasteiger partial charge in [-0.1, -0.05) is 63.0 Å². The molecular formula is C26H25N3O5S3. The highest BCUT2D eigenvalue weighted by atomic mass is 32.2. The van der Waals surface area contributed by atoms with E-state index in [-0.39, 0.29) is 37.6 Å². The van der Waals surface area contributed by atoms with Gasteiger partial charge in [0.25, 0.3) is 11.5 Å². The van der Waals surface area contributed by atoms with E-state index in [4.69, 9.17) is 17.0 Å². The van der Waals surface area contributed by atoms with Gasteiger partial charge in [-0.15, -0.1) is 0 Å². The van der Waals surface area contributed by atoms with Gasteiger partial charge in [0.15, 0.2) is 9.84 Å². The van der Waals surface area contributed by atoms with Gasteiger partial charge in [-0.25, -0.2) is 8.42 Å². The van der Waals surface area contributed by atoms with Crippen molar-refractivity contribution in [3.8, 4) is 11.6 Å². The summed E-state index contributed by atoms with van der Waals surface area (Å²) >= 11 is 6.45. The van der Waals surface area contributed by atoms with Crippen molar-refractivity contribution in [1.82, 2.24) is 14.3 Å². The van der Waals surface area contributed by atoms with E-state index >= 15 is 0 Å². The number of aromatic nitrogens is 2. The lowest BCUT2D eigenvalue weighted by Gasteiger charge is -2.20. The smallest absolute Gasteiger partial charge is 0.269 e. The summed E-state index contributed by atoms with van der Waals surface area (Å²) in [5, 5.41) is 0. The van der Waals surface area contributed by atoms with Gasteiger partial charge in [0.2, 0.25) is 5.88 Å². The molecule has 1 atom stereocenters. The van der Waals surface area contributed by atoms with Crippen LogP contribution in [-0.2, 0) is 20.0 Å². The van der Waals surface area contributed by atoms with Gasteiger partial charge in [-0.05, 0) is 47.7 Å². The Morgan fingerprint density at radius 1 is 1.14 bits per heavy atom. The fourth-order valence-corrected chi connectivity index (χ4v) is 7.41. The number of thiocarbonyl (C=S) groups is 1. The molecule has 1 aromatic carbocycles. The van der Waals surface area contributed by atoms with Gasteiger partial charge < -0.3 is 4.74 Å². The number of carbonyl (C=O) groups is 1. The molecule has 0 radical (unpaired) electrons. The normalized spacial score (nSPS) is 20.8. The largest absolute Gasteiger partial charge is 0.438 e. The zero-order valence-electron chi connectivity index (χ0n) is 20.5. The highest BCUT2D eigenvalue weighted by molar-refractivity contribution is 8.26. The summed E-state index contributed by atoms with van der Waals surface area (Å²) in [5.41, 5.74) is 1.19. The lowest BCUT2D eigenvalue weighted by Crippen LogP contribution is -2.39. The summed E-state index contributed by atoms with van der Waals surface area (Å²) in [6.45, 7) is 6.35. The van der Waals surface area contributed by atoms with E-state index in [2.05, 4.69) is 25.8 Å². The minimum atomic E-state index is -3.21. The topological polar surface area (TPSA) is 98.1 Å². The molecule has 0 aliphatic carbocycles. The molecule has 0 N–H and O–H groups in total. The Balaban J connectivity index is 1.55. The van der Waals surface area contributed by atoms with Crippen LogP contribution in [-0.4, -0.2) is 50.5 Å². The van der Waals surface area contributed by atoms with E-state index in [0.717, 1.165) is 17.3 Å². The first kappa shape index (κ1) is 25.6. The Morgan fingerprint density at radius 2 is 1.86 bits per heavy atom. The number of carbonyl (C=O) groups excluding carboxylic acids is 1. The highest BCUT2D eigenvalue weighted by Crippen LogP contribution is 2.37. The molecule has 0 bridgehead atoms. The Hall–Kier alpha value is -3.02. The predicted octanol–water partition coefficient (Wildman–Crippen LogP) is 4.17. The molecule has 37 heavy (non-hydrogen) atoms. The van der Waals surface area contributed by atoms with E-state index in [1.54, 1.807) is 24.4 Å². The third-order valence-corrected chi connectivity index (χ3v) is 9.42. The van der Waals surface area contributed by atoms with Crippen LogP contribution in [0.25, 0.3) is 11.7 Å². The minimum absolute atomic E-state index is 0.0235. The molecule has 0 spiro atoms. The molecule has 4 heterocycles. The Morgan fingerprint density at radius 3 is 2.51 bits per heavy atom. The quantitative estimate of drug-likeness (QED) is 0.350. The first-order valence-corrected chi connectivity index (χ1v) is 14.7. The third-order valence-electron chi connectivity index (χ3n) is 6.34. The van der Waals surface area contributed by atoms with Gasteiger partial charge in [0.05, 0.1) is 22.5 Å². The lowest BCUT2D eigenvalue weighted by atomic mass is 9.87. The van der Waals surface area contributed by atoms with Crippen LogP contribution >= 0.6 is 24.0 Å². The maximum absolute atomic E-state index is 13.5. The number of amides is 1. The average molecular weight is 556 g/mol. The zero-order chi connectivity index (χ0) is 26.5. The lowest BCUT2D eigenvalue weighted by molar-refractivity contribution is -0.123. The van der Waals surface area contributed by atoms with Gasteiger partial charge in [-0.3, -0.25) is 18.9 Å². The predicted molar refractivity (Wildman–Crippen MR) is 149 cm³/mol. The van der Waals surface area contributed by atoms with Crippen molar-refractivity contribution < 1.29 is 17.9 Å². The van der Waals surface area contributed by atoms with Crippen LogP contribution in [0.3, 0.4) is 0 Å². The molecule has 2 saturated heterocycles. The number of rotatable bonds is 4. The number of hydrogen-bond acceptors (Lipinski definition) is 8. The van der Waals surface area contributed by atoms with Crippen LogP contribution in [0.1, 0.15) is 38.3 Å². The molecule has 0 unspecified atom stereocenters. The van der Waals surface area contributed by atoms with Crippen LogP contribution in [0.4, 0.5) is 0 Å². The Bertz CT molecular complexity index is 1620. The SMILES string of the molecule is CC(C)(C)c1ccc(Oc2nc3ccccn3c(=O)c2/C=C2\SC(=S)N([C@H]3CCS(=O)(=O)C3)C2=O)cc1. The molecule has 8 nitrogen and oxygen atoms in total. The second-order valence-corrected chi connectivity index (χ2v) is 14.0. The standard InChI is InChI=1S/C26H25N3O5S3/c1-26(2,3)16-7-9-18(10-8-16)34-22-19(23(30)28-12-5-4-6-21(28)27-22)14-20-24(31)29(25(35)36-20)17-11-13-37(32,33)15-17/h4-10,12,14,17H,11,13,15H2,1-3H3/b20-14-/t17-/m0/s1. The Kier molecular flexibility index (Phi) is 6.49. The number of fused-ring (bicyclic) bond motifs is 1. The number of sulfone groups is 1. The summed E-state index contributed by atoms with van der Waals surface area (Å²) in [6, 6.07) is 12.2. The van der Waals surface area contributed by atoms with Crippen molar-refractivity contribution in [1.29, 1.82) is 0 Å². The molecule has 2 aromatic heterocycles. The van der Waals surface area contributed by atoms with Crippen LogP contribution in [0, 0.1) is 0 Å². The maximum atomic E-state index is 13.5. The average Bonchev–Trinajstić information content (AvgIpc) is 3.33. The fourth-order valence-electron chi connectivity index (χ4n) is 4.32. The van der Waals surface area contributed by atoms with Crippen molar-refractivity contribution in [2.24, 2.45) is 0 Å². The van der Waals surface area contributed by atoms with Crippen molar-refractivity contribution >= 4 is 55.8 Å². The van der Waals surface area contributed by atoms with Crippen molar-refractivity contribution in [2.75, 3.05) is 11.5 Å². The first-order chi connectivity index (χ1) is 17.4. The van der Waals surface area contributed by atoms with Crippen molar-refractivity contribution in [3.63, 3.8) is 0 Å². The van der Waals surface area contributed by atoms with Gasteiger partial charge in [-0.2, -0.15) is 4.98 Å². The summed E-state index contributed by atoms with van der Waals surface area (Å²) in [5.74, 6) is 0.0451. The van der Waals surface area contributed by atoms with E-state index in [9.17, 15) is 18.0 Å². The number of nitrogens with zero attached hydrogens (tertiary/aromatic N) is 3. The molecule has 1 amide bonds. The monoisotopic (exact) mass is 555 g/mol. The van der Waals surface area contributed by atoms with Gasteiger partial charge in [0, 0.05) is 6.20 Å². The molecule has 192 valence electrons. The molecule has 3 aromatic rings. The Labute approximate surface area is 224 Å². The summed E-state index contributed by atoms with van der Waals surface area (Å²) < 4.78 is 31.7. The fraction of sp³-hybridized carbons (Fsp3) is 0.308. The highest BCUT2D eigenvalue weighted by Gasteiger charge is 2.42. The summed E-state index contributed by atoms with van der Waals surface area (Å²) in [4.78, 5) is 32.9. The minimum Gasteiger partial charge on any atom is -0.438 e. The van der Waals surface area contributed by atoms with Crippen LogP contribution in [0.15, 0.2) is 58.4 Å². The van der Waals surface area contributed by atoms with Gasteiger partial charge in [0.1, 0.15) is 21.3 Å². The molecule has 2 aliphatic heterocycles. The molecule has 2 aliphatic rings. The summed E-state index contributed by atoms with van der Waals surface area (Å²) in [7, 11) is -3.21. The van der Waals surface area contributed by atoms with E-state index in [0.29, 0.717) is 17.8 Å². The maximum Gasteiger partial charge on any atom is 0.269 e. The van der Waals surface area contributed by atoms with Crippen LogP contribution in [0.2, 0.25) is 0 Å². The second kappa shape index (κ2) is 9.38. The number of pyridine rings is 1. The first-order valence-electron chi connectivity index (χ1n) is 11.7. The third kappa shape index (κ3) is 5.07. The summed E-state index contributed by atoms with van der Waals surface area (Å²) in [6.07, 6.45) is 3.37. The molecule has 11 heteroatoms. The van der Waals surface area contributed by atoms with Crippen LogP contribution in [0.5, 0.6) is 11.6 Å². The van der Waals surface area contributed by atoms with E-state index in [1.165, 1.54) is 15.4 Å². The van der Waals surface area contributed by atoms with Crippen molar-refractivity contribution in [3.05, 3.63) is 75.0 Å². The van der Waals surface area contributed by atoms with Crippen molar-refractivity contribution in [2.45, 2.75) is 38.6 Å². The molecule has 5 rings (SSSR count). The number of benzene rings is 1. The molecular weight excluding hydrogens is 531 g/mol. The second-order valence-electron chi connectivity index (χ2n) is 10.0. The van der Waals surface area contributed by atoms with Crippen LogP contribution < -0.4 is 10.3 Å². The van der Waals surface area contributed by atoms with Gasteiger partial charge >= 0.3 is 0 Å². The number of thioether (sulfide) groups is 1. The number of hydrogen-bond donors (Lipinski definition) is 0. The number of ether oxygens (including phenoxy) is 1. The molecule has 0 saturated carbocycles. The van der Waals surface area contributed by atoms with E-state index in [1.807, 2.05) is 24.3 Å².